The first kappa shape index (κ1) is 25.1. The van der Waals surface area contributed by atoms with E-state index in [4.69, 9.17) is 9.47 Å². The molecule has 10 heteroatoms. The van der Waals surface area contributed by atoms with Crippen LogP contribution in [-0.2, 0) is 16.0 Å². The first-order valence-corrected chi connectivity index (χ1v) is 12.2. The van der Waals surface area contributed by atoms with Crippen molar-refractivity contribution >= 4 is 34.0 Å². The Morgan fingerprint density at radius 1 is 1.21 bits per heavy atom. The molecule has 0 radical (unpaired) electrons. The van der Waals surface area contributed by atoms with Crippen molar-refractivity contribution in [1.29, 1.82) is 0 Å². The number of morpholine rings is 1. The van der Waals surface area contributed by atoms with Crippen LogP contribution in [0.2, 0.25) is 0 Å². The second-order valence-electron chi connectivity index (χ2n) is 7.66. The van der Waals surface area contributed by atoms with Crippen LogP contribution >= 0.6 is 11.3 Å². The van der Waals surface area contributed by atoms with Gasteiger partial charge in [0.15, 0.2) is 5.13 Å². The molecule has 2 N–H and O–H groups in total. The van der Waals surface area contributed by atoms with Crippen molar-refractivity contribution in [2.24, 2.45) is 0 Å². The molecule has 1 aliphatic rings. The molecule has 0 atom stereocenters. The van der Waals surface area contributed by atoms with Crippen LogP contribution in [0.1, 0.15) is 40.3 Å². The molecule has 2 heterocycles. The quantitative estimate of drug-likeness (QED) is 0.482. The average molecular weight is 476 g/mol. The zero-order valence-electron chi connectivity index (χ0n) is 19.6. The molecule has 9 nitrogen and oxygen atoms in total. The number of carbonyl (C=O) groups is 2. The Morgan fingerprint density at radius 3 is 2.67 bits per heavy atom. The Balaban J connectivity index is 1.78. The van der Waals surface area contributed by atoms with Gasteiger partial charge in [-0.25, -0.2) is 4.98 Å². The number of methoxy groups -OCH3 is 1. The molecule has 2 amide bonds. The summed E-state index contributed by atoms with van der Waals surface area (Å²) in [4.78, 5) is 34.7. The lowest BCUT2D eigenvalue weighted by atomic mass is 10.1. The minimum absolute atomic E-state index is 0.256. The second-order valence-corrected chi connectivity index (χ2v) is 8.50. The first-order valence-electron chi connectivity index (χ1n) is 11.3. The van der Waals surface area contributed by atoms with Gasteiger partial charge in [-0.1, -0.05) is 6.07 Å². The molecular formula is C23H33N5O4S. The van der Waals surface area contributed by atoms with Gasteiger partial charge < -0.3 is 25.0 Å². The number of hydrogen-bond acceptors (Lipinski definition) is 8. The van der Waals surface area contributed by atoms with Gasteiger partial charge in [-0.15, -0.1) is 11.3 Å². The van der Waals surface area contributed by atoms with Gasteiger partial charge in [0.1, 0.15) is 5.69 Å². The standard InChI is InChI=1S/C23H33N5O4S/c1-4-28(5-2)23-26-20(16-33-23)22(30)25-19-7-6-17(15-27-9-12-32-13-10-27)14-18(19)21(29)24-8-11-31-3/h6-7,14,16H,4-5,8-13,15H2,1-3H3,(H,24,29)(H,25,30). The predicted molar refractivity (Wildman–Crippen MR) is 130 cm³/mol. The highest BCUT2D eigenvalue weighted by Crippen LogP contribution is 2.23. The third-order valence-electron chi connectivity index (χ3n) is 5.44. The maximum atomic E-state index is 12.9. The van der Waals surface area contributed by atoms with Gasteiger partial charge in [0.05, 0.1) is 31.1 Å². The van der Waals surface area contributed by atoms with Gasteiger partial charge in [0.25, 0.3) is 11.8 Å². The monoisotopic (exact) mass is 475 g/mol. The van der Waals surface area contributed by atoms with Crippen LogP contribution in [0, 0.1) is 0 Å². The Labute approximate surface area is 199 Å². The molecule has 1 aromatic heterocycles. The molecule has 1 fully saturated rings. The molecule has 0 unspecified atom stereocenters. The Hall–Kier alpha value is -2.53. The van der Waals surface area contributed by atoms with Gasteiger partial charge >= 0.3 is 0 Å². The first-order chi connectivity index (χ1) is 16.0. The maximum absolute atomic E-state index is 12.9. The van der Waals surface area contributed by atoms with Gasteiger partial charge in [0.2, 0.25) is 0 Å². The van der Waals surface area contributed by atoms with Crippen LogP contribution in [0.4, 0.5) is 10.8 Å². The number of hydrogen-bond donors (Lipinski definition) is 2. The van der Waals surface area contributed by atoms with Crippen molar-refractivity contribution in [2.75, 3.05) is 69.9 Å². The van der Waals surface area contributed by atoms with Gasteiger partial charge in [-0.05, 0) is 31.5 Å². The van der Waals surface area contributed by atoms with E-state index >= 15 is 0 Å². The Bertz CT molecular complexity index is 925. The molecule has 1 aliphatic heterocycles. The minimum atomic E-state index is -0.337. The smallest absolute Gasteiger partial charge is 0.275 e. The SMILES string of the molecule is CCN(CC)c1nc(C(=O)Nc2ccc(CN3CCOCC3)cc2C(=O)NCCOC)cs1. The summed E-state index contributed by atoms with van der Waals surface area (Å²) in [6.45, 7) is 10.4. The fourth-order valence-electron chi connectivity index (χ4n) is 3.56. The number of amides is 2. The molecule has 0 spiro atoms. The van der Waals surface area contributed by atoms with Crippen LogP contribution in [0.5, 0.6) is 0 Å². The van der Waals surface area contributed by atoms with E-state index in [2.05, 4.69) is 39.3 Å². The van der Waals surface area contributed by atoms with Crippen molar-refractivity contribution in [3.8, 4) is 0 Å². The molecular weight excluding hydrogens is 442 g/mol. The predicted octanol–water partition coefficient (Wildman–Crippen LogP) is 2.45. The van der Waals surface area contributed by atoms with Crippen LogP contribution in [0.3, 0.4) is 0 Å². The van der Waals surface area contributed by atoms with E-state index in [1.807, 2.05) is 12.1 Å². The Kier molecular flexibility index (Phi) is 9.61. The van der Waals surface area contributed by atoms with E-state index in [1.165, 1.54) is 11.3 Å². The molecule has 3 rings (SSSR count). The lowest BCUT2D eigenvalue weighted by molar-refractivity contribution is 0.0342. The number of benzene rings is 1. The largest absolute Gasteiger partial charge is 0.383 e. The number of ether oxygens (including phenoxy) is 2. The molecule has 2 aromatic rings. The molecule has 0 bridgehead atoms. The van der Waals surface area contributed by atoms with Crippen molar-refractivity contribution < 1.29 is 19.1 Å². The van der Waals surface area contributed by atoms with Gasteiger partial charge in [-0.3, -0.25) is 14.5 Å². The fourth-order valence-corrected chi connectivity index (χ4v) is 4.50. The maximum Gasteiger partial charge on any atom is 0.275 e. The minimum Gasteiger partial charge on any atom is -0.383 e. The normalized spacial score (nSPS) is 14.2. The molecule has 180 valence electrons. The summed E-state index contributed by atoms with van der Waals surface area (Å²) in [5, 5.41) is 8.28. The van der Waals surface area contributed by atoms with Gasteiger partial charge in [-0.2, -0.15) is 0 Å². The van der Waals surface area contributed by atoms with E-state index in [9.17, 15) is 9.59 Å². The highest BCUT2D eigenvalue weighted by molar-refractivity contribution is 7.14. The summed E-state index contributed by atoms with van der Waals surface area (Å²) in [6.07, 6.45) is 0. The van der Waals surface area contributed by atoms with Crippen LogP contribution < -0.4 is 15.5 Å². The van der Waals surface area contributed by atoms with E-state index in [1.54, 1.807) is 18.6 Å². The van der Waals surface area contributed by atoms with Crippen molar-refractivity contribution in [2.45, 2.75) is 20.4 Å². The zero-order valence-corrected chi connectivity index (χ0v) is 20.4. The number of rotatable bonds is 11. The third kappa shape index (κ3) is 6.97. The number of anilines is 2. The highest BCUT2D eigenvalue weighted by atomic mass is 32.1. The molecule has 0 aliphatic carbocycles. The molecule has 1 saturated heterocycles. The lowest BCUT2D eigenvalue weighted by Crippen LogP contribution is -2.35. The Morgan fingerprint density at radius 2 is 1.97 bits per heavy atom. The summed E-state index contributed by atoms with van der Waals surface area (Å²) in [5.41, 5.74) is 2.22. The number of nitrogens with zero attached hydrogens (tertiary/aromatic N) is 3. The van der Waals surface area contributed by atoms with Gasteiger partial charge in [0, 0.05) is 51.8 Å². The third-order valence-corrected chi connectivity index (χ3v) is 6.34. The topological polar surface area (TPSA) is 96.0 Å². The van der Waals surface area contributed by atoms with Crippen LogP contribution in [0.15, 0.2) is 23.6 Å². The number of carbonyl (C=O) groups excluding carboxylic acids is 2. The summed E-state index contributed by atoms with van der Waals surface area (Å²) in [6, 6.07) is 5.57. The molecule has 33 heavy (non-hydrogen) atoms. The average Bonchev–Trinajstić information content (AvgIpc) is 3.32. The summed E-state index contributed by atoms with van der Waals surface area (Å²) >= 11 is 1.44. The summed E-state index contributed by atoms with van der Waals surface area (Å²) < 4.78 is 10.4. The van der Waals surface area contributed by atoms with E-state index in [0.717, 1.165) is 43.4 Å². The molecule has 1 aromatic carbocycles. The second kappa shape index (κ2) is 12.6. The van der Waals surface area contributed by atoms with Crippen molar-refractivity contribution in [3.05, 3.63) is 40.4 Å². The summed E-state index contributed by atoms with van der Waals surface area (Å²) in [7, 11) is 1.58. The van der Waals surface area contributed by atoms with E-state index in [-0.39, 0.29) is 11.8 Å². The summed E-state index contributed by atoms with van der Waals surface area (Å²) in [5.74, 6) is -0.593. The zero-order chi connectivity index (χ0) is 23.6. The van der Waals surface area contributed by atoms with Crippen molar-refractivity contribution in [1.82, 2.24) is 15.2 Å². The van der Waals surface area contributed by atoms with E-state index < -0.39 is 0 Å². The fraction of sp³-hybridized carbons (Fsp3) is 0.522. The number of nitrogens with one attached hydrogen (secondary N) is 2. The van der Waals surface area contributed by atoms with Crippen LogP contribution in [0.25, 0.3) is 0 Å². The number of aromatic nitrogens is 1. The van der Waals surface area contributed by atoms with Crippen molar-refractivity contribution in [3.63, 3.8) is 0 Å². The van der Waals surface area contributed by atoms with Crippen LogP contribution in [-0.4, -0.2) is 81.4 Å². The lowest BCUT2D eigenvalue weighted by Gasteiger charge is -2.26. The van der Waals surface area contributed by atoms with E-state index in [0.29, 0.717) is 43.3 Å². The highest BCUT2D eigenvalue weighted by Gasteiger charge is 2.19. The molecule has 0 saturated carbocycles. The number of thiazole rings is 1.